The third-order valence-electron chi connectivity index (χ3n) is 7.96. The van der Waals surface area contributed by atoms with E-state index in [2.05, 4.69) is 45.9 Å². The summed E-state index contributed by atoms with van der Waals surface area (Å²) in [5.74, 6) is 0. The number of nitrogens with one attached hydrogen (secondary N) is 2. The van der Waals surface area contributed by atoms with Gasteiger partial charge in [0.05, 0.1) is 0 Å². The number of rotatable bonds is 6. The molecule has 7 heteroatoms. The molecule has 3 aromatic rings. The van der Waals surface area contributed by atoms with Gasteiger partial charge < -0.3 is 15.5 Å². The molecule has 1 heterocycles. The molecule has 5 rings (SSSR count). The van der Waals surface area contributed by atoms with Crippen LogP contribution in [0.25, 0.3) is 11.1 Å². The zero-order chi connectivity index (χ0) is 25.8. The highest BCUT2D eigenvalue weighted by Crippen LogP contribution is 2.38. The summed E-state index contributed by atoms with van der Waals surface area (Å²) in [5.41, 5.74) is 3.93. The van der Waals surface area contributed by atoms with Gasteiger partial charge in [-0.2, -0.15) is 0 Å². The molecule has 2 N–H and O–H groups in total. The van der Waals surface area contributed by atoms with Crippen LogP contribution >= 0.6 is 34.8 Å². The number of carbonyl (C=O) groups excluding carboxylic acids is 1. The number of carbonyl (C=O) groups is 1. The number of benzene rings is 3. The highest BCUT2D eigenvalue weighted by molar-refractivity contribution is 6.35. The number of amides is 2. The fourth-order valence-corrected chi connectivity index (χ4v) is 6.61. The topological polar surface area (TPSA) is 44.4 Å². The lowest BCUT2D eigenvalue weighted by atomic mass is 9.72. The number of anilines is 1. The average Bonchev–Trinajstić information content (AvgIpc) is 3.42. The van der Waals surface area contributed by atoms with Crippen molar-refractivity contribution in [2.24, 2.45) is 0 Å². The molecular formula is C30H32Cl3N3O. The van der Waals surface area contributed by atoms with E-state index in [9.17, 15) is 4.79 Å². The third-order valence-corrected chi connectivity index (χ3v) is 8.63. The van der Waals surface area contributed by atoms with Crippen molar-refractivity contribution >= 4 is 46.5 Å². The van der Waals surface area contributed by atoms with Crippen LogP contribution in [-0.4, -0.2) is 36.6 Å². The lowest BCUT2D eigenvalue weighted by Crippen LogP contribution is -2.51. The van der Waals surface area contributed by atoms with Crippen LogP contribution in [0.4, 0.5) is 10.5 Å². The number of halogens is 3. The lowest BCUT2D eigenvalue weighted by Gasteiger charge is -2.44. The Balaban J connectivity index is 1.33. The predicted octanol–water partition coefficient (Wildman–Crippen LogP) is 8.41. The Morgan fingerprint density at radius 3 is 2.16 bits per heavy atom. The van der Waals surface area contributed by atoms with E-state index in [4.69, 9.17) is 34.8 Å². The third kappa shape index (κ3) is 6.43. The number of likely N-dealkylation sites (tertiary alicyclic amines) is 1. The second-order valence-corrected chi connectivity index (χ2v) is 11.6. The Bertz CT molecular complexity index is 1210. The maximum atomic E-state index is 12.9. The van der Waals surface area contributed by atoms with Gasteiger partial charge in [0, 0.05) is 38.8 Å². The number of hydrogen-bond acceptors (Lipinski definition) is 2. The summed E-state index contributed by atoms with van der Waals surface area (Å²) >= 11 is 18.4. The number of urea groups is 1. The van der Waals surface area contributed by atoms with Crippen molar-refractivity contribution in [3.63, 3.8) is 0 Å². The summed E-state index contributed by atoms with van der Waals surface area (Å²) in [6.07, 6.45) is 7.31. The minimum Gasteiger partial charge on any atom is -0.337 e. The number of nitrogens with zero attached hydrogens (tertiary/aromatic N) is 1. The van der Waals surface area contributed by atoms with E-state index < -0.39 is 0 Å². The molecule has 0 spiro atoms. The van der Waals surface area contributed by atoms with Crippen LogP contribution in [-0.2, 0) is 5.41 Å². The molecule has 3 aromatic carbocycles. The molecule has 0 unspecified atom stereocenters. The van der Waals surface area contributed by atoms with Crippen molar-refractivity contribution in [3.8, 4) is 11.1 Å². The van der Waals surface area contributed by atoms with Crippen LogP contribution in [0, 0.1) is 0 Å². The molecular weight excluding hydrogens is 525 g/mol. The Labute approximate surface area is 234 Å². The summed E-state index contributed by atoms with van der Waals surface area (Å²) in [6, 6.07) is 22.2. The standard InChI is InChI=1S/C30H32Cl3N3O/c31-24-5-3-4-22(16-24)21-8-10-23(11-9-21)30(12-14-36(15-13-30)28-6-1-2-7-28)20-34-29(37)35-27-18-25(32)17-26(33)19-27/h3-5,8-11,16-19,28H,1-2,6-7,12-15,20H2,(H2,34,35,37). The Kier molecular flexibility index (Phi) is 8.31. The minimum atomic E-state index is -0.258. The Morgan fingerprint density at radius 2 is 1.51 bits per heavy atom. The van der Waals surface area contributed by atoms with Crippen LogP contribution in [0.1, 0.15) is 44.1 Å². The first-order valence-corrected chi connectivity index (χ1v) is 14.2. The zero-order valence-electron chi connectivity index (χ0n) is 20.8. The molecule has 2 amide bonds. The molecule has 1 saturated heterocycles. The predicted molar refractivity (Wildman–Crippen MR) is 155 cm³/mol. The molecule has 194 valence electrons. The van der Waals surface area contributed by atoms with Gasteiger partial charge in [0.25, 0.3) is 0 Å². The molecule has 2 aliphatic rings. The van der Waals surface area contributed by atoms with Gasteiger partial charge in [-0.25, -0.2) is 4.79 Å². The van der Waals surface area contributed by atoms with E-state index in [0.717, 1.165) is 42.1 Å². The monoisotopic (exact) mass is 555 g/mol. The van der Waals surface area contributed by atoms with Gasteiger partial charge in [0.2, 0.25) is 0 Å². The first kappa shape index (κ1) is 26.4. The molecule has 2 fully saturated rings. The maximum absolute atomic E-state index is 12.9. The highest BCUT2D eigenvalue weighted by atomic mass is 35.5. The van der Waals surface area contributed by atoms with Crippen molar-refractivity contribution in [3.05, 3.63) is 87.4 Å². The molecule has 1 aliphatic heterocycles. The molecule has 1 saturated carbocycles. The first-order valence-electron chi connectivity index (χ1n) is 13.0. The summed E-state index contributed by atoms with van der Waals surface area (Å²) in [7, 11) is 0. The number of hydrogen-bond donors (Lipinski definition) is 2. The summed E-state index contributed by atoms with van der Waals surface area (Å²) in [4.78, 5) is 15.5. The Morgan fingerprint density at radius 1 is 0.838 bits per heavy atom. The summed E-state index contributed by atoms with van der Waals surface area (Å²) < 4.78 is 0. The van der Waals surface area contributed by atoms with E-state index in [0.29, 0.717) is 28.3 Å². The van der Waals surface area contributed by atoms with E-state index >= 15 is 0 Å². The molecule has 1 aliphatic carbocycles. The molecule has 4 nitrogen and oxygen atoms in total. The molecule has 0 atom stereocenters. The maximum Gasteiger partial charge on any atom is 0.319 e. The van der Waals surface area contributed by atoms with Gasteiger partial charge in [-0.05, 0) is 85.8 Å². The summed E-state index contributed by atoms with van der Waals surface area (Å²) in [5, 5.41) is 7.72. The van der Waals surface area contributed by atoms with E-state index in [1.54, 1.807) is 18.2 Å². The normalized spacial score (nSPS) is 18.0. The van der Waals surface area contributed by atoms with Crippen LogP contribution in [0.15, 0.2) is 66.7 Å². The van der Waals surface area contributed by atoms with E-state index in [-0.39, 0.29) is 11.4 Å². The zero-order valence-corrected chi connectivity index (χ0v) is 23.0. The van der Waals surface area contributed by atoms with E-state index in [1.807, 2.05) is 18.2 Å². The van der Waals surface area contributed by atoms with Crippen LogP contribution in [0.2, 0.25) is 15.1 Å². The smallest absolute Gasteiger partial charge is 0.319 e. The van der Waals surface area contributed by atoms with Gasteiger partial charge in [0.15, 0.2) is 0 Å². The van der Waals surface area contributed by atoms with Gasteiger partial charge in [-0.15, -0.1) is 0 Å². The molecule has 0 aromatic heterocycles. The van der Waals surface area contributed by atoms with Crippen molar-refractivity contribution in [1.82, 2.24) is 10.2 Å². The average molecular weight is 557 g/mol. The summed E-state index contributed by atoms with van der Waals surface area (Å²) in [6.45, 7) is 2.66. The van der Waals surface area contributed by atoms with Crippen molar-refractivity contribution in [2.45, 2.75) is 50.0 Å². The fourth-order valence-electron chi connectivity index (χ4n) is 5.89. The van der Waals surface area contributed by atoms with Crippen molar-refractivity contribution in [1.29, 1.82) is 0 Å². The van der Waals surface area contributed by atoms with Crippen LogP contribution in [0.3, 0.4) is 0 Å². The van der Waals surface area contributed by atoms with Gasteiger partial charge in [0.1, 0.15) is 0 Å². The van der Waals surface area contributed by atoms with Crippen LogP contribution < -0.4 is 10.6 Å². The molecule has 0 radical (unpaired) electrons. The van der Waals surface area contributed by atoms with Gasteiger partial charge in [-0.1, -0.05) is 84.0 Å². The Hall–Kier alpha value is -2.24. The minimum absolute atomic E-state index is 0.134. The fraction of sp³-hybridized carbons (Fsp3) is 0.367. The quantitative estimate of drug-likeness (QED) is 0.320. The first-order chi connectivity index (χ1) is 17.9. The second-order valence-electron chi connectivity index (χ2n) is 10.3. The highest BCUT2D eigenvalue weighted by Gasteiger charge is 2.38. The van der Waals surface area contributed by atoms with Gasteiger partial charge in [-0.3, -0.25) is 0 Å². The lowest BCUT2D eigenvalue weighted by molar-refractivity contribution is 0.115. The second kappa shape index (κ2) is 11.7. The van der Waals surface area contributed by atoms with Crippen LogP contribution in [0.5, 0.6) is 0 Å². The van der Waals surface area contributed by atoms with Crippen molar-refractivity contribution in [2.75, 3.05) is 25.0 Å². The molecule has 37 heavy (non-hydrogen) atoms. The SMILES string of the molecule is O=C(NCC1(c2ccc(-c3cccc(Cl)c3)cc2)CCN(C2CCCC2)CC1)Nc1cc(Cl)cc(Cl)c1. The molecule has 0 bridgehead atoms. The largest absolute Gasteiger partial charge is 0.337 e. The number of piperidine rings is 1. The van der Waals surface area contributed by atoms with Crippen molar-refractivity contribution < 1.29 is 4.79 Å². The van der Waals surface area contributed by atoms with E-state index in [1.165, 1.54) is 31.2 Å². The van der Waals surface area contributed by atoms with Gasteiger partial charge >= 0.3 is 6.03 Å².